The number of anilines is 1. The summed E-state index contributed by atoms with van der Waals surface area (Å²) < 4.78 is 0. The molecule has 0 unspecified atom stereocenters. The van der Waals surface area contributed by atoms with E-state index in [1.54, 1.807) is 19.9 Å². The molecule has 0 bridgehead atoms. The van der Waals surface area contributed by atoms with Crippen molar-refractivity contribution >= 4 is 11.7 Å². The zero-order valence-electron chi connectivity index (χ0n) is 7.09. The number of hydrogen-bond acceptors (Lipinski definition) is 2. The maximum atomic E-state index is 10.7. The van der Waals surface area contributed by atoms with E-state index in [1.165, 1.54) is 0 Å². The first-order valence-electron chi connectivity index (χ1n) is 3.63. The SMILES string of the molecule is Cc1ccc(C)c(C(=O)O)c1N. The summed E-state index contributed by atoms with van der Waals surface area (Å²) in [6.07, 6.45) is 0. The van der Waals surface area contributed by atoms with Gasteiger partial charge in [-0.3, -0.25) is 0 Å². The van der Waals surface area contributed by atoms with Gasteiger partial charge >= 0.3 is 5.97 Å². The van der Waals surface area contributed by atoms with Crippen LogP contribution in [0.2, 0.25) is 0 Å². The van der Waals surface area contributed by atoms with Crippen molar-refractivity contribution in [3.05, 3.63) is 28.8 Å². The van der Waals surface area contributed by atoms with Crippen LogP contribution in [0.5, 0.6) is 0 Å². The van der Waals surface area contributed by atoms with E-state index in [0.717, 1.165) is 5.56 Å². The van der Waals surface area contributed by atoms with Crippen LogP contribution in [0.3, 0.4) is 0 Å². The predicted octanol–water partition coefficient (Wildman–Crippen LogP) is 1.58. The van der Waals surface area contributed by atoms with E-state index in [9.17, 15) is 4.79 Å². The summed E-state index contributed by atoms with van der Waals surface area (Å²) in [5, 5.41) is 8.79. The third kappa shape index (κ3) is 1.25. The number of benzene rings is 1. The second-order valence-electron chi connectivity index (χ2n) is 2.79. The van der Waals surface area contributed by atoms with Crippen molar-refractivity contribution in [1.29, 1.82) is 0 Å². The molecule has 0 saturated carbocycles. The Labute approximate surface area is 70.8 Å². The van der Waals surface area contributed by atoms with Gasteiger partial charge in [0.15, 0.2) is 0 Å². The van der Waals surface area contributed by atoms with E-state index in [4.69, 9.17) is 10.8 Å². The summed E-state index contributed by atoms with van der Waals surface area (Å²) in [6.45, 7) is 3.53. The highest BCUT2D eigenvalue weighted by Gasteiger charge is 2.11. The Morgan fingerprint density at radius 1 is 1.33 bits per heavy atom. The first kappa shape index (κ1) is 8.59. The van der Waals surface area contributed by atoms with Crippen molar-refractivity contribution in [3.63, 3.8) is 0 Å². The van der Waals surface area contributed by atoms with Gasteiger partial charge in [0.05, 0.1) is 5.56 Å². The van der Waals surface area contributed by atoms with Crippen LogP contribution in [0, 0.1) is 13.8 Å². The molecule has 3 heteroatoms. The van der Waals surface area contributed by atoms with Gasteiger partial charge in [0, 0.05) is 5.69 Å². The summed E-state index contributed by atoms with van der Waals surface area (Å²) in [5.41, 5.74) is 7.69. The van der Waals surface area contributed by atoms with Crippen molar-refractivity contribution in [3.8, 4) is 0 Å². The van der Waals surface area contributed by atoms with E-state index >= 15 is 0 Å². The fourth-order valence-corrected chi connectivity index (χ4v) is 1.12. The summed E-state index contributed by atoms with van der Waals surface area (Å²) in [5.74, 6) is -0.964. The molecule has 1 aromatic carbocycles. The number of hydrogen-bond donors (Lipinski definition) is 2. The minimum absolute atomic E-state index is 0.218. The predicted molar refractivity (Wildman–Crippen MR) is 47.3 cm³/mol. The normalized spacial score (nSPS) is 9.83. The third-order valence-corrected chi connectivity index (χ3v) is 1.89. The second-order valence-corrected chi connectivity index (χ2v) is 2.79. The van der Waals surface area contributed by atoms with Crippen molar-refractivity contribution in [2.24, 2.45) is 0 Å². The van der Waals surface area contributed by atoms with Crippen molar-refractivity contribution in [1.82, 2.24) is 0 Å². The highest BCUT2D eigenvalue weighted by molar-refractivity contribution is 5.96. The fourth-order valence-electron chi connectivity index (χ4n) is 1.12. The molecule has 0 aliphatic carbocycles. The number of carboxylic acids is 1. The number of nitrogens with two attached hydrogens (primary N) is 1. The van der Waals surface area contributed by atoms with E-state index in [-0.39, 0.29) is 5.56 Å². The largest absolute Gasteiger partial charge is 0.478 e. The average molecular weight is 165 g/mol. The number of carboxylic acid groups (broad SMARTS) is 1. The highest BCUT2D eigenvalue weighted by atomic mass is 16.4. The van der Waals surface area contributed by atoms with Crippen LogP contribution >= 0.6 is 0 Å². The molecule has 0 radical (unpaired) electrons. The summed E-state index contributed by atoms with van der Waals surface area (Å²) in [7, 11) is 0. The Balaban J connectivity index is 3.43. The lowest BCUT2D eigenvalue weighted by atomic mass is 10.0. The number of aryl methyl sites for hydroxylation is 2. The zero-order valence-corrected chi connectivity index (χ0v) is 7.09. The second kappa shape index (κ2) is 2.85. The number of carbonyl (C=O) groups is 1. The lowest BCUT2D eigenvalue weighted by molar-refractivity contribution is 0.0697. The molecule has 3 N–H and O–H groups in total. The average Bonchev–Trinajstić information content (AvgIpc) is 1.97. The van der Waals surface area contributed by atoms with E-state index in [1.807, 2.05) is 6.07 Å². The molecule has 0 atom stereocenters. The molecule has 0 saturated heterocycles. The van der Waals surface area contributed by atoms with Gasteiger partial charge in [-0.1, -0.05) is 12.1 Å². The topological polar surface area (TPSA) is 63.3 Å². The first-order chi connectivity index (χ1) is 5.54. The molecule has 64 valence electrons. The molecule has 3 nitrogen and oxygen atoms in total. The summed E-state index contributed by atoms with van der Waals surface area (Å²) in [6, 6.07) is 3.58. The smallest absolute Gasteiger partial charge is 0.338 e. The molecule has 0 aromatic heterocycles. The van der Waals surface area contributed by atoms with E-state index in [0.29, 0.717) is 11.3 Å². The Morgan fingerprint density at radius 3 is 2.25 bits per heavy atom. The maximum Gasteiger partial charge on any atom is 0.338 e. The number of aromatic carboxylic acids is 1. The van der Waals surface area contributed by atoms with Gasteiger partial charge in [-0.2, -0.15) is 0 Å². The molecular formula is C9H11NO2. The van der Waals surface area contributed by atoms with Crippen LogP contribution in [0.1, 0.15) is 21.5 Å². The Morgan fingerprint density at radius 2 is 1.83 bits per heavy atom. The van der Waals surface area contributed by atoms with Crippen LogP contribution in [0.25, 0.3) is 0 Å². The van der Waals surface area contributed by atoms with Crippen LogP contribution in [-0.2, 0) is 0 Å². The van der Waals surface area contributed by atoms with Gasteiger partial charge in [0.2, 0.25) is 0 Å². The Bertz CT molecular complexity index is 332. The highest BCUT2D eigenvalue weighted by Crippen LogP contribution is 2.20. The Kier molecular flexibility index (Phi) is 2.04. The van der Waals surface area contributed by atoms with Crippen molar-refractivity contribution < 1.29 is 9.90 Å². The van der Waals surface area contributed by atoms with Crippen molar-refractivity contribution in [2.45, 2.75) is 13.8 Å². The molecular weight excluding hydrogens is 154 g/mol. The van der Waals surface area contributed by atoms with E-state index < -0.39 is 5.97 Å². The van der Waals surface area contributed by atoms with Gasteiger partial charge in [0.1, 0.15) is 0 Å². The molecule has 0 fully saturated rings. The van der Waals surface area contributed by atoms with E-state index in [2.05, 4.69) is 0 Å². The lowest BCUT2D eigenvalue weighted by Crippen LogP contribution is -2.06. The maximum absolute atomic E-state index is 10.7. The van der Waals surface area contributed by atoms with Gasteiger partial charge in [-0.05, 0) is 25.0 Å². The third-order valence-electron chi connectivity index (χ3n) is 1.89. The monoisotopic (exact) mass is 165 g/mol. The van der Waals surface area contributed by atoms with Crippen molar-refractivity contribution in [2.75, 3.05) is 5.73 Å². The molecule has 12 heavy (non-hydrogen) atoms. The minimum Gasteiger partial charge on any atom is -0.478 e. The molecule has 0 spiro atoms. The summed E-state index contributed by atoms with van der Waals surface area (Å²) in [4.78, 5) is 10.7. The first-order valence-corrected chi connectivity index (χ1v) is 3.63. The number of rotatable bonds is 1. The molecule has 0 heterocycles. The van der Waals surface area contributed by atoms with Crippen LogP contribution in [0.4, 0.5) is 5.69 Å². The van der Waals surface area contributed by atoms with Crippen LogP contribution in [0.15, 0.2) is 12.1 Å². The molecule has 0 amide bonds. The Hall–Kier alpha value is -1.51. The molecule has 0 aliphatic rings. The van der Waals surface area contributed by atoms with Gasteiger partial charge < -0.3 is 10.8 Å². The van der Waals surface area contributed by atoms with Gasteiger partial charge in [-0.15, -0.1) is 0 Å². The van der Waals surface area contributed by atoms with Gasteiger partial charge in [-0.25, -0.2) is 4.79 Å². The quantitative estimate of drug-likeness (QED) is 0.621. The molecule has 0 aliphatic heterocycles. The molecule has 1 aromatic rings. The fraction of sp³-hybridized carbons (Fsp3) is 0.222. The molecule has 1 rings (SSSR count). The zero-order chi connectivity index (χ0) is 9.30. The van der Waals surface area contributed by atoms with Crippen LogP contribution < -0.4 is 5.73 Å². The standard InChI is InChI=1S/C9H11NO2/c1-5-3-4-6(2)8(10)7(5)9(11)12/h3-4H,10H2,1-2H3,(H,11,12). The van der Waals surface area contributed by atoms with Gasteiger partial charge in [0.25, 0.3) is 0 Å². The summed E-state index contributed by atoms with van der Waals surface area (Å²) >= 11 is 0. The van der Waals surface area contributed by atoms with Crippen LogP contribution in [-0.4, -0.2) is 11.1 Å². The number of nitrogen functional groups attached to an aromatic ring is 1. The lowest BCUT2D eigenvalue weighted by Gasteiger charge is -2.06. The minimum atomic E-state index is -0.964.